The van der Waals surface area contributed by atoms with Gasteiger partial charge in [-0.05, 0) is 13.8 Å². The Morgan fingerprint density at radius 2 is 2.33 bits per heavy atom. The number of allylic oxidation sites excluding steroid dienone is 2. The van der Waals surface area contributed by atoms with Crippen LogP contribution in [0.15, 0.2) is 11.8 Å². The summed E-state index contributed by atoms with van der Waals surface area (Å²) in [6, 6.07) is 0. The third-order valence-corrected chi connectivity index (χ3v) is 1.37. The predicted molar refractivity (Wildman–Crippen MR) is 30.5 cm³/mol. The van der Waals surface area contributed by atoms with Gasteiger partial charge in [0.15, 0.2) is 0 Å². The average molecular weight is 102 g/mol. The van der Waals surface area contributed by atoms with Gasteiger partial charge >= 0.3 is 0 Å². The molecule has 0 aromatic carbocycles. The molecule has 0 rings (SSSR count). The lowest BCUT2D eigenvalue weighted by Crippen LogP contribution is -1.76. The Labute approximate surface area is 41.6 Å². The molecule has 0 heterocycles. The molecule has 0 saturated carbocycles. The molecule has 0 aliphatic carbocycles. The molecule has 0 atom stereocenters. The summed E-state index contributed by atoms with van der Waals surface area (Å²) in [4.78, 5) is 0. The summed E-state index contributed by atoms with van der Waals surface area (Å²) in [5.41, 5.74) is 0. The van der Waals surface area contributed by atoms with E-state index in [2.05, 4.69) is 0 Å². The van der Waals surface area contributed by atoms with E-state index in [-0.39, 0.29) is 0 Å². The second-order valence-electron chi connectivity index (χ2n) is 1.10. The Kier molecular flexibility index (Phi) is 2.85. The fourth-order valence-electron chi connectivity index (χ4n) is 0.118. The lowest BCUT2D eigenvalue weighted by molar-refractivity contribution is 0.471. The normalized spacial score (nSPS) is 12.0. The van der Waals surface area contributed by atoms with Gasteiger partial charge in [0, 0.05) is 0 Å². The van der Waals surface area contributed by atoms with Gasteiger partial charge in [0.2, 0.25) is 10.5 Å². The van der Waals surface area contributed by atoms with Crippen LogP contribution in [0.1, 0.15) is 13.8 Å². The van der Waals surface area contributed by atoms with Gasteiger partial charge in [-0.25, -0.2) is 0 Å². The van der Waals surface area contributed by atoms with E-state index in [0.29, 0.717) is 0 Å². The van der Waals surface area contributed by atoms with Crippen LogP contribution in [0.2, 0.25) is 0 Å². The van der Waals surface area contributed by atoms with Crippen molar-refractivity contribution in [2.45, 2.75) is 13.8 Å². The first-order chi connectivity index (χ1) is 2.81. The van der Waals surface area contributed by atoms with Crippen LogP contribution in [-0.2, 0) is 4.43 Å². The van der Waals surface area contributed by atoms with Crippen molar-refractivity contribution < 1.29 is 4.43 Å². The Bertz CT molecular complexity index is 58.6. The van der Waals surface area contributed by atoms with Gasteiger partial charge < -0.3 is 4.43 Å². The second-order valence-corrected chi connectivity index (χ2v) is 1.51. The molecule has 0 amide bonds. The van der Waals surface area contributed by atoms with Crippen molar-refractivity contribution in [3.8, 4) is 0 Å². The summed E-state index contributed by atoms with van der Waals surface area (Å²) >= 11 is 0. The summed E-state index contributed by atoms with van der Waals surface area (Å²) in [5, 5.41) is 0. The molecule has 0 spiro atoms. The number of hydrogen-bond donors (Lipinski definition) is 0. The molecule has 0 aliphatic rings. The maximum Gasteiger partial charge on any atom is 0.203 e. The quantitative estimate of drug-likeness (QED) is 0.339. The van der Waals surface area contributed by atoms with Crippen LogP contribution in [0, 0.1) is 0 Å². The first-order valence-electron chi connectivity index (χ1n) is 1.98. The van der Waals surface area contributed by atoms with Crippen molar-refractivity contribution in [2.75, 3.05) is 0 Å². The Morgan fingerprint density at radius 1 is 1.83 bits per heavy atom. The fraction of sp³-hybridized carbons (Fsp3) is 0.500. The number of rotatable bonds is 1. The van der Waals surface area contributed by atoms with Gasteiger partial charge in [-0.15, -0.1) is 0 Å². The van der Waals surface area contributed by atoms with E-state index in [9.17, 15) is 0 Å². The highest BCUT2D eigenvalue weighted by atomic mass is 28.2. The third kappa shape index (κ3) is 2.02. The smallest absolute Gasteiger partial charge is 0.203 e. The van der Waals surface area contributed by atoms with Crippen molar-refractivity contribution in [2.24, 2.45) is 0 Å². The number of hydrogen-bond acceptors (Lipinski definition) is 1. The molecule has 0 aromatic heterocycles. The van der Waals surface area contributed by atoms with Crippen LogP contribution in [0.4, 0.5) is 0 Å². The second kappa shape index (κ2) is 2.97. The standard InChI is InChI=1S/C4H10OSi/c1-3-4(2)5-6/h3H,1-2,6H3. The van der Waals surface area contributed by atoms with Gasteiger partial charge in [0.05, 0.1) is 5.76 Å². The molecular weight excluding hydrogens is 92.1 g/mol. The van der Waals surface area contributed by atoms with E-state index in [4.69, 9.17) is 4.43 Å². The average Bonchev–Trinajstić information content (AvgIpc) is 1.65. The maximum absolute atomic E-state index is 4.90. The third-order valence-electron chi connectivity index (χ3n) is 0.729. The minimum absolute atomic E-state index is 0.814. The van der Waals surface area contributed by atoms with E-state index >= 15 is 0 Å². The zero-order valence-corrected chi connectivity index (χ0v) is 6.49. The van der Waals surface area contributed by atoms with Crippen LogP contribution >= 0.6 is 0 Å². The van der Waals surface area contributed by atoms with Crippen LogP contribution in [0.3, 0.4) is 0 Å². The lowest BCUT2D eigenvalue weighted by atomic mass is 10.5. The predicted octanol–water partition coefficient (Wildman–Crippen LogP) is 0.207. The highest BCUT2D eigenvalue weighted by Crippen LogP contribution is 1.86. The molecule has 0 aromatic rings. The monoisotopic (exact) mass is 102 g/mol. The fourth-order valence-corrected chi connectivity index (χ4v) is 0.354. The summed E-state index contributed by atoms with van der Waals surface area (Å²) < 4.78 is 4.90. The van der Waals surface area contributed by atoms with Crippen LogP contribution in [0.5, 0.6) is 0 Å². The SMILES string of the molecule is CC=C(C)O[SiH3]. The maximum atomic E-state index is 4.90. The molecule has 0 aliphatic heterocycles. The minimum Gasteiger partial charge on any atom is -0.556 e. The highest BCUT2D eigenvalue weighted by molar-refractivity contribution is 5.98. The summed E-state index contributed by atoms with van der Waals surface area (Å²) in [7, 11) is 0.814. The Morgan fingerprint density at radius 3 is 2.33 bits per heavy atom. The van der Waals surface area contributed by atoms with E-state index < -0.39 is 0 Å². The summed E-state index contributed by atoms with van der Waals surface area (Å²) in [5.74, 6) is 1.03. The van der Waals surface area contributed by atoms with Crippen molar-refractivity contribution >= 4 is 10.5 Å². The highest BCUT2D eigenvalue weighted by Gasteiger charge is 1.71. The molecule has 0 saturated heterocycles. The van der Waals surface area contributed by atoms with E-state index in [1.807, 2.05) is 19.9 Å². The zero-order chi connectivity index (χ0) is 4.99. The van der Waals surface area contributed by atoms with Gasteiger partial charge in [-0.1, -0.05) is 6.08 Å². The summed E-state index contributed by atoms with van der Waals surface area (Å²) in [6.07, 6.45) is 1.95. The van der Waals surface area contributed by atoms with Crippen LogP contribution in [0.25, 0.3) is 0 Å². The first kappa shape index (κ1) is 5.76. The molecule has 0 fully saturated rings. The van der Waals surface area contributed by atoms with Gasteiger partial charge in [0.25, 0.3) is 0 Å². The molecule has 36 valence electrons. The van der Waals surface area contributed by atoms with E-state index in [1.54, 1.807) is 0 Å². The zero-order valence-electron chi connectivity index (χ0n) is 4.49. The molecule has 0 unspecified atom stereocenters. The largest absolute Gasteiger partial charge is 0.556 e. The molecule has 0 bridgehead atoms. The van der Waals surface area contributed by atoms with E-state index in [0.717, 1.165) is 16.2 Å². The summed E-state index contributed by atoms with van der Waals surface area (Å²) in [6.45, 7) is 3.92. The molecule has 0 N–H and O–H groups in total. The van der Waals surface area contributed by atoms with Crippen molar-refractivity contribution in [1.82, 2.24) is 0 Å². The lowest BCUT2D eigenvalue weighted by Gasteiger charge is -1.93. The molecule has 1 nitrogen and oxygen atoms in total. The molecule has 2 heteroatoms. The van der Waals surface area contributed by atoms with Gasteiger partial charge in [-0.3, -0.25) is 0 Å². The van der Waals surface area contributed by atoms with Crippen LogP contribution in [-0.4, -0.2) is 10.5 Å². The van der Waals surface area contributed by atoms with Gasteiger partial charge in [-0.2, -0.15) is 0 Å². The first-order valence-corrected chi connectivity index (χ1v) is 2.79. The Hall–Kier alpha value is -0.243. The van der Waals surface area contributed by atoms with Crippen molar-refractivity contribution in [3.63, 3.8) is 0 Å². The topological polar surface area (TPSA) is 9.23 Å². The minimum atomic E-state index is 0.814. The van der Waals surface area contributed by atoms with Crippen molar-refractivity contribution in [1.29, 1.82) is 0 Å². The molecular formula is C4H10OSi. The van der Waals surface area contributed by atoms with E-state index in [1.165, 1.54) is 0 Å². The molecule has 0 radical (unpaired) electrons. The van der Waals surface area contributed by atoms with Crippen LogP contribution < -0.4 is 0 Å². The Balaban J connectivity index is 3.22. The molecule has 6 heavy (non-hydrogen) atoms. The van der Waals surface area contributed by atoms with Gasteiger partial charge in [0.1, 0.15) is 0 Å². The van der Waals surface area contributed by atoms with Crippen molar-refractivity contribution in [3.05, 3.63) is 11.8 Å².